The van der Waals surface area contributed by atoms with E-state index in [1.54, 1.807) is 33.1 Å². The van der Waals surface area contributed by atoms with Crippen LogP contribution in [0.4, 0.5) is 13.6 Å². The van der Waals surface area contributed by atoms with Crippen LogP contribution in [0.5, 0.6) is 6.01 Å². The average Bonchev–Trinajstić information content (AvgIpc) is 3.89. The maximum absolute atomic E-state index is 14.8. The van der Waals surface area contributed by atoms with E-state index in [1.165, 1.54) is 28.4 Å². The molecule has 3 N–H and O–H groups in total. The number of imidazole rings is 1. The summed E-state index contributed by atoms with van der Waals surface area (Å²) in [4.78, 5) is 67.6. The Kier molecular flexibility index (Phi) is 12.4. The first kappa shape index (κ1) is 46.1. The molecular weight excluding hydrogens is 881 g/mol. The number of sulfonamides is 1. The Balaban J connectivity index is 1.12. The van der Waals surface area contributed by atoms with Gasteiger partial charge >= 0.3 is 6.09 Å². The first-order chi connectivity index (χ1) is 30.7. The second-order valence-corrected chi connectivity index (χ2v) is 22.2. The summed E-state index contributed by atoms with van der Waals surface area (Å²) in [5.74, 6) is -3.96. The Bertz CT molecular complexity index is 2650. The maximum atomic E-state index is 14.8. The third kappa shape index (κ3) is 9.62. The lowest BCUT2D eigenvalue weighted by Gasteiger charge is -2.30. The number of hydrogen-bond acceptors (Lipinski definition) is 11. The molecule has 65 heavy (non-hydrogen) atoms. The third-order valence-electron chi connectivity index (χ3n) is 12.5. The predicted octanol–water partition coefficient (Wildman–Crippen LogP) is 7.32. The lowest BCUT2D eigenvalue weighted by molar-refractivity contribution is -0.141. The van der Waals surface area contributed by atoms with Gasteiger partial charge in [-0.05, 0) is 98.3 Å². The number of alkyl carbamates (subject to hydrolysis) is 1. The molecule has 0 bridgehead atoms. The van der Waals surface area contributed by atoms with E-state index >= 15 is 0 Å². The number of ether oxygens (including phenoxy) is 2. The molecule has 2 aromatic carbocycles. The highest BCUT2D eigenvalue weighted by Crippen LogP contribution is 2.48. The van der Waals surface area contributed by atoms with Gasteiger partial charge in [0, 0.05) is 41.0 Å². The number of hydrogen-bond donors (Lipinski definition) is 3. The van der Waals surface area contributed by atoms with Crippen molar-refractivity contribution in [2.75, 3.05) is 6.54 Å². The molecule has 348 valence electrons. The highest BCUT2D eigenvalue weighted by molar-refractivity contribution is 7.91. The van der Waals surface area contributed by atoms with Gasteiger partial charge in [0.25, 0.3) is 11.9 Å². The fraction of sp³-hybridized carbons (Fsp3) is 0.522. The minimum atomic E-state index is -4.04. The van der Waals surface area contributed by atoms with Crippen LogP contribution >= 0.6 is 11.3 Å². The van der Waals surface area contributed by atoms with Gasteiger partial charge < -0.3 is 25.0 Å². The van der Waals surface area contributed by atoms with Crippen LogP contribution in [-0.2, 0) is 29.1 Å². The van der Waals surface area contributed by atoms with E-state index in [2.05, 4.69) is 15.4 Å². The lowest BCUT2D eigenvalue weighted by Crippen LogP contribution is -2.58. The van der Waals surface area contributed by atoms with Crippen LogP contribution in [0, 0.1) is 17.6 Å². The standard InChI is InChI=1S/C46H55F2N7O8S2/c1-26(2)55-35-16-12-14-32(34-25-64-39(49-34)27-19-29(47)21-30(48)20-27)37(35)51-42(55)62-31-22-36-38(56)52-46(41(58)53-65(60,61)45(6)17-18-45)23-28(46)13-10-8-7-9-11-15-33(40(57)54(36)24-31)50-43(59)63-44(3,4)5/h10,12-14,16,19-21,25-26,28,31,33,36H,7-9,11,15,17-18,22-24H2,1-6H3,(H,50,59)(H,52,56)(H,53,58)/b13-10-/t28-,31-,33+,36+,46-/m1/s1. The van der Waals surface area contributed by atoms with Gasteiger partial charge in [-0.2, -0.15) is 4.98 Å². The normalized spacial score (nSPS) is 25.2. The Morgan fingerprint density at radius 2 is 1.78 bits per heavy atom. The van der Waals surface area contributed by atoms with E-state index in [0.29, 0.717) is 58.5 Å². The molecular formula is C46H55F2N7O8S2. The summed E-state index contributed by atoms with van der Waals surface area (Å²) in [5, 5.41) is 7.84. The van der Waals surface area contributed by atoms with Crippen molar-refractivity contribution in [2.24, 2.45) is 5.92 Å². The van der Waals surface area contributed by atoms with Gasteiger partial charge in [-0.1, -0.05) is 37.1 Å². The number of allylic oxidation sites excluding steroid dienone is 1. The number of rotatable bonds is 9. The maximum Gasteiger partial charge on any atom is 0.408 e. The summed E-state index contributed by atoms with van der Waals surface area (Å²) >= 11 is 1.23. The van der Waals surface area contributed by atoms with Gasteiger partial charge in [-0.3, -0.25) is 23.7 Å². The number of amides is 4. The molecule has 15 nitrogen and oxygen atoms in total. The minimum Gasteiger partial charge on any atom is -0.459 e. The molecule has 5 atom stereocenters. The SMILES string of the molecule is CC(C)n1c(O[C@@H]2C[C@H]3C(=O)N[C@]4(C(=O)NS(=O)(=O)C5(C)CC5)C[C@H]4/C=C\CCCCC[C@H](NC(=O)OC(C)(C)C)C(=O)N3C2)nc2c(-c3csc(-c4cc(F)cc(F)c4)n3)cccc21. The summed E-state index contributed by atoms with van der Waals surface area (Å²) in [5.41, 5.74) is 0.294. The number of carbonyl (C=O) groups excluding carboxylic acids is 4. The quantitative estimate of drug-likeness (QED) is 0.143. The number of nitrogens with one attached hydrogen (secondary N) is 3. The van der Waals surface area contributed by atoms with Crippen LogP contribution in [0.25, 0.3) is 32.9 Å². The molecule has 3 fully saturated rings. The van der Waals surface area contributed by atoms with Crippen LogP contribution < -0.4 is 20.1 Å². The lowest BCUT2D eigenvalue weighted by atomic mass is 10.0. The monoisotopic (exact) mass is 935 g/mol. The summed E-state index contributed by atoms with van der Waals surface area (Å²) < 4.78 is 70.1. The zero-order valence-electron chi connectivity index (χ0n) is 37.3. The second-order valence-electron chi connectivity index (χ2n) is 19.1. The Labute approximate surface area is 380 Å². The van der Waals surface area contributed by atoms with Crippen LogP contribution in [-0.4, -0.2) is 92.3 Å². The van der Waals surface area contributed by atoms with E-state index in [1.807, 2.05) is 48.8 Å². The van der Waals surface area contributed by atoms with Crippen LogP contribution in [0.3, 0.4) is 0 Å². The number of benzene rings is 2. The molecule has 4 aromatic rings. The summed E-state index contributed by atoms with van der Waals surface area (Å²) in [6.07, 6.45) is 6.13. The molecule has 4 heterocycles. The van der Waals surface area contributed by atoms with Gasteiger partial charge in [0.2, 0.25) is 21.8 Å². The van der Waals surface area contributed by atoms with E-state index in [-0.39, 0.29) is 37.9 Å². The van der Waals surface area contributed by atoms with E-state index in [0.717, 1.165) is 18.9 Å². The number of fused-ring (bicyclic) bond motifs is 3. The summed E-state index contributed by atoms with van der Waals surface area (Å²) in [6.45, 7) is 10.5. The second kappa shape index (κ2) is 17.4. The van der Waals surface area contributed by atoms with Crippen molar-refractivity contribution in [3.05, 3.63) is 65.6 Å². The number of thiazole rings is 1. The van der Waals surface area contributed by atoms with Crippen molar-refractivity contribution in [3.63, 3.8) is 0 Å². The van der Waals surface area contributed by atoms with Gasteiger partial charge in [-0.25, -0.2) is 27.0 Å². The van der Waals surface area contributed by atoms with Gasteiger partial charge in [0.15, 0.2) is 0 Å². The fourth-order valence-electron chi connectivity index (χ4n) is 8.64. The fourth-order valence-corrected chi connectivity index (χ4v) is 10.8. The first-order valence-corrected chi connectivity index (χ1v) is 24.5. The van der Waals surface area contributed by atoms with Gasteiger partial charge in [0.1, 0.15) is 51.5 Å². The highest BCUT2D eigenvalue weighted by atomic mass is 32.2. The summed E-state index contributed by atoms with van der Waals surface area (Å²) in [6, 6.07) is 6.57. The molecule has 8 rings (SSSR count). The Hall–Kier alpha value is -5.43. The molecule has 2 aliphatic heterocycles. The zero-order chi connectivity index (χ0) is 46.6. The highest BCUT2D eigenvalue weighted by Gasteiger charge is 2.63. The topological polar surface area (TPSA) is 191 Å². The smallest absolute Gasteiger partial charge is 0.408 e. The largest absolute Gasteiger partial charge is 0.459 e. The molecule has 0 radical (unpaired) electrons. The molecule has 0 spiro atoms. The zero-order valence-corrected chi connectivity index (χ0v) is 38.9. The first-order valence-electron chi connectivity index (χ1n) is 22.1. The number of aromatic nitrogens is 3. The molecule has 1 saturated heterocycles. The van der Waals surface area contributed by atoms with Crippen LogP contribution in [0.2, 0.25) is 0 Å². The number of carbonyl (C=O) groups is 4. The van der Waals surface area contributed by atoms with E-state index in [9.17, 15) is 36.4 Å². The van der Waals surface area contributed by atoms with E-state index in [4.69, 9.17) is 19.4 Å². The average molecular weight is 936 g/mol. The molecule has 4 aliphatic rings. The molecule has 4 amide bonds. The molecule has 2 saturated carbocycles. The van der Waals surface area contributed by atoms with Crippen molar-refractivity contribution in [2.45, 2.75) is 139 Å². The number of halogens is 2. The molecule has 0 unspecified atom stereocenters. The third-order valence-corrected chi connectivity index (χ3v) is 15.6. The Morgan fingerprint density at radius 3 is 2.48 bits per heavy atom. The van der Waals surface area contributed by atoms with Crippen molar-refractivity contribution in [3.8, 4) is 27.8 Å². The molecule has 2 aliphatic carbocycles. The number of para-hydroxylation sites is 1. The van der Waals surface area contributed by atoms with Crippen molar-refractivity contribution in [1.82, 2.24) is 34.8 Å². The number of nitrogens with zero attached hydrogens (tertiary/aromatic N) is 4. The predicted molar refractivity (Wildman–Crippen MR) is 240 cm³/mol. The van der Waals surface area contributed by atoms with Crippen molar-refractivity contribution < 1.29 is 45.9 Å². The molecule has 19 heteroatoms. The van der Waals surface area contributed by atoms with Crippen LogP contribution in [0.1, 0.15) is 105 Å². The van der Waals surface area contributed by atoms with Crippen LogP contribution in [0.15, 0.2) is 53.9 Å². The van der Waals surface area contributed by atoms with Crippen molar-refractivity contribution in [1.29, 1.82) is 0 Å². The van der Waals surface area contributed by atoms with Gasteiger partial charge in [-0.15, -0.1) is 11.3 Å². The van der Waals surface area contributed by atoms with Crippen molar-refractivity contribution >= 4 is 56.2 Å². The summed E-state index contributed by atoms with van der Waals surface area (Å²) in [7, 11) is -4.04. The van der Waals surface area contributed by atoms with Gasteiger partial charge in [0.05, 0.1) is 22.5 Å². The minimum absolute atomic E-state index is 0.0287. The Morgan fingerprint density at radius 1 is 1.05 bits per heavy atom. The molecule has 2 aromatic heterocycles. The van der Waals surface area contributed by atoms with E-state index < -0.39 is 85.5 Å².